The lowest BCUT2D eigenvalue weighted by molar-refractivity contribution is -0.0789. The van der Waals surface area contributed by atoms with Crippen LogP contribution in [-0.4, -0.2) is 24.8 Å². The van der Waals surface area contributed by atoms with Gasteiger partial charge in [-0.3, -0.25) is 0 Å². The highest BCUT2D eigenvalue weighted by Crippen LogP contribution is 2.35. The maximum atomic E-state index is 6.38. The summed E-state index contributed by atoms with van der Waals surface area (Å²) in [6, 6.07) is 0.562. The van der Waals surface area contributed by atoms with E-state index in [9.17, 15) is 0 Å². The van der Waals surface area contributed by atoms with Crippen molar-refractivity contribution in [2.75, 3.05) is 13.2 Å². The molecule has 0 spiro atoms. The Bertz CT molecular complexity index is 221. The van der Waals surface area contributed by atoms with Crippen LogP contribution in [0.2, 0.25) is 0 Å². The minimum Gasteiger partial charge on any atom is -0.374 e. The molecule has 0 aromatic heterocycles. The monoisotopic (exact) mass is 283 g/mol. The molecule has 1 unspecified atom stereocenters. The van der Waals surface area contributed by atoms with Crippen LogP contribution in [-0.2, 0) is 4.74 Å². The van der Waals surface area contributed by atoms with Gasteiger partial charge in [0.25, 0.3) is 0 Å². The normalized spacial score (nSPS) is 20.6. The molecule has 0 bridgehead atoms. The average Bonchev–Trinajstić information content (AvgIpc) is 2.69. The lowest BCUT2D eigenvalue weighted by atomic mass is 9.83. The summed E-state index contributed by atoms with van der Waals surface area (Å²) in [6.07, 6.45) is 14.5. The molecule has 0 aromatic carbocycles. The molecule has 1 saturated carbocycles. The third-order valence-electron chi connectivity index (χ3n) is 4.75. The molecule has 0 aromatic rings. The maximum absolute atomic E-state index is 6.38. The van der Waals surface area contributed by atoms with Crippen molar-refractivity contribution in [1.29, 1.82) is 0 Å². The van der Waals surface area contributed by atoms with Gasteiger partial charge in [-0.2, -0.15) is 0 Å². The van der Waals surface area contributed by atoms with Crippen LogP contribution in [0.1, 0.15) is 91.4 Å². The fourth-order valence-electron chi connectivity index (χ4n) is 3.68. The van der Waals surface area contributed by atoms with E-state index >= 15 is 0 Å². The molecule has 20 heavy (non-hydrogen) atoms. The lowest BCUT2D eigenvalue weighted by Gasteiger charge is -2.41. The molecular weight excluding hydrogens is 246 g/mol. The summed E-state index contributed by atoms with van der Waals surface area (Å²) < 4.78 is 6.38. The third kappa shape index (κ3) is 5.73. The molecule has 1 rings (SSSR count). The van der Waals surface area contributed by atoms with Crippen molar-refractivity contribution in [2.24, 2.45) is 0 Å². The predicted octanol–water partition coefficient (Wildman–Crippen LogP) is 5.06. The van der Waals surface area contributed by atoms with Gasteiger partial charge in [0.05, 0.1) is 5.60 Å². The molecule has 2 heteroatoms. The SMILES string of the molecule is CCCCCC(NCCC)C1(OCC)CCCCCC1. The molecule has 0 heterocycles. The highest BCUT2D eigenvalue weighted by atomic mass is 16.5. The van der Waals surface area contributed by atoms with Crippen molar-refractivity contribution in [3.63, 3.8) is 0 Å². The van der Waals surface area contributed by atoms with E-state index in [2.05, 4.69) is 26.1 Å². The van der Waals surface area contributed by atoms with Crippen LogP contribution < -0.4 is 5.32 Å². The highest BCUT2D eigenvalue weighted by molar-refractivity contribution is 4.94. The molecule has 0 amide bonds. The Hall–Kier alpha value is -0.0800. The van der Waals surface area contributed by atoms with Crippen LogP contribution in [0, 0.1) is 0 Å². The Morgan fingerprint density at radius 1 is 0.950 bits per heavy atom. The number of nitrogens with one attached hydrogen (secondary N) is 1. The van der Waals surface area contributed by atoms with Gasteiger partial charge in [-0.1, -0.05) is 58.8 Å². The minimum atomic E-state index is 0.119. The van der Waals surface area contributed by atoms with Crippen LogP contribution in [0.3, 0.4) is 0 Å². The second kappa shape index (κ2) is 10.6. The molecule has 0 saturated heterocycles. The number of rotatable bonds is 10. The Morgan fingerprint density at radius 3 is 2.20 bits per heavy atom. The van der Waals surface area contributed by atoms with Gasteiger partial charge in [-0.25, -0.2) is 0 Å². The van der Waals surface area contributed by atoms with Crippen LogP contribution in [0.5, 0.6) is 0 Å². The number of ether oxygens (including phenoxy) is 1. The molecule has 120 valence electrons. The second-order valence-corrected chi connectivity index (χ2v) is 6.41. The van der Waals surface area contributed by atoms with Crippen molar-refractivity contribution in [1.82, 2.24) is 5.32 Å². The first-order valence-electron chi connectivity index (χ1n) is 9.16. The van der Waals surface area contributed by atoms with Gasteiger partial charge in [-0.15, -0.1) is 0 Å². The molecule has 1 atom stereocenters. The Balaban J connectivity index is 2.71. The first-order valence-corrected chi connectivity index (χ1v) is 9.16. The molecular formula is C18H37NO. The molecule has 0 aliphatic heterocycles. The van der Waals surface area contributed by atoms with E-state index in [4.69, 9.17) is 4.74 Å². The molecule has 1 aliphatic carbocycles. The minimum absolute atomic E-state index is 0.119. The lowest BCUT2D eigenvalue weighted by Crippen LogP contribution is -2.52. The number of unbranched alkanes of at least 4 members (excludes halogenated alkanes) is 2. The molecule has 1 aliphatic rings. The summed E-state index contributed by atoms with van der Waals surface area (Å²) >= 11 is 0. The van der Waals surface area contributed by atoms with Crippen molar-refractivity contribution in [3.8, 4) is 0 Å². The second-order valence-electron chi connectivity index (χ2n) is 6.41. The van der Waals surface area contributed by atoms with Gasteiger partial charge in [0.15, 0.2) is 0 Å². The molecule has 0 radical (unpaired) electrons. The third-order valence-corrected chi connectivity index (χ3v) is 4.75. The highest BCUT2D eigenvalue weighted by Gasteiger charge is 2.38. The standard InChI is InChI=1S/C18H37NO/c1-4-7-10-13-17(19-16-5-2)18(20-6-3)14-11-8-9-12-15-18/h17,19H,4-16H2,1-3H3. The Morgan fingerprint density at radius 2 is 1.65 bits per heavy atom. The summed E-state index contributed by atoms with van der Waals surface area (Å²) in [5, 5.41) is 3.83. The molecule has 1 fully saturated rings. The largest absolute Gasteiger partial charge is 0.374 e. The quantitative estimate of drug-likeness (QED) is 0.447. The maximum Gasteiger partial charge on any atom is 0.0834 e. The van der Waals surface area contributed by atoms with Crippen LogP contribution >= 0.6 is 0 Å². The van der Waals surface area contributed by atoms with E-state index in [1.807, 2.05) is 0 Å². The first kappa shape index (κ1) is 18.0. The van der Waals surface area contributed by atoms with E-state index in [1.165, 1.54) is 70.6 Å². The van der Waals surface area contributed by atoms with E-state index in [1.54, 1.807) is 0 Å². The molecule has 2 nitrogen and oxygen atoms in total. The first-order chi connectivity index (χ1) is 9.79. The van der Waals surface area contributed by atoms with Gasteiger partial charge >= 0.3 is 0 Å². The molecule has 1 N–H and O–H groups in total. The zero-order chi connectivity index (χ0) is 14.7. The van der Waals surface area contributed by atoms with Gasteiger partial charge in [0.2, 0.25) is 0 Å². The Kier molecular flexibility index (Phi) is 9.54. The summed E-state index contributed by atoms with van der Waals surface area (Å²) in [6.45, 7) is 8.70. The van der Waals surface area contributed by atoms with E-state index < -0.39 is 0 Å². The van der Waals surface area contributed by atoms with Gasteiger partial charge in [-0.05, 0) is 39.2 Å². The summed E-state index contributed by atoms with van der Waals surface area (Å²) in [5.74, 6) is 0. The Labute approximate surface area is 127 Å². The van der Waals surface area contributed by atoms with Crippen molar-refractivity contribution in [2.45, 2.75) is 103 Å². The number of hydrogen-bond acceptors (Lipinski definition) is 2. The van der Waals surface area contributed by atoms with Crippen LogP contribution in [0.4, 0.5) is 0 Å². The zero-order valence-corrected chi connectivity index (χ0v) is 14.2. The van der Waals surface area contributed by atoms with Gasteiger partial charge in [0, 0.05) is 12.6 Å². The zero-order valence-electron chi connectivity index (χ0n) is 14.2. The van der Waals surface area contributed by atoms with Crippen molar-refractivity contribution in [3.05, 3.63) is 0 Å². The summed E-state index contributed by atoms with van der Waals surface area (Å²) in [5.41, 5.74) is 0.119. The smallest absolute Gasteiger partial charge is 0.0834 e. The topological polar surface area (TPSA) is 21.3 Å². The van der Waals surface area contributed by atoms with Crippen molar-refractivity contribution >= 4 is 0 Å². The van der Waals surface area contributed by atoms with E-state index in [-0.39, 0.29) is 5.60 Å². The summed E-state index contributed by atoms with van der Waals surface area (Å²) in [7, 11) is 0. The fraction of sp³-hybridized carbons (Fsp3) is 1.00. The van der Waals surface area contributed by atoms with Crippen LogP contribution in [0.25, 0.3) is 0 Å². The predicted molar refractivity (Wildman–Crippen MR) is 88.3 cm³/mol. The average molecular weight is 284 g/mol. The fourth-order valence-corrected chi connectivity index (χ4v) is 3.68. The van der Waals surface area contributed by atoms with Crippen molar-refractivity contribution < 1.29 is 4.74 Å². The van der Waals surface area contributed by atoms with Crippen LogP contribution in [0.15, 0.2) is 0 Å². The number of hydrogen-bond donors (Lipinski definition) is 1. The van der Waals surface area contributed by atoms with E-state index in [0.717, 1.165) is 13.2 Å². The van der Waals surface area contributed by atoms with Gasteiger partial charge < -0.3 is 10.1 Å². The van der Waals surface area contributed by atoms with Gasteiger partial charge in [0.1, 0.15) is 0 Å². The summed E-state index contributed by atoms with van der Waals surface area (Å²) in [4.78, 5) is 0. The van der Waals surface area contributed by atoms with E-state index in [0.29, 0.717) is 6.04 Å².